The Morgan fingerprint density at radius 2 is 2.00 bits per heavy atom. The molecule has 0 aromatic heterocycles. The van der Waals surface area contributed by atoms with Crippen LogP contribution in [0.25, 0.3) is 6.08 Å². The van der Waals surface area contributed by atoms with E-state index in [-0.39, 0.29) is 11.9 Å². The number of nitrogens with zero attached hydrogens (tertiary/aromatic N) is 1. The van der Waals surface area contributed by atoms with Gasteiger partial charge in [-0.05, 0) is 49.5 Å². The Bertz CT molecular complexity index is 744. The van der Waals surface area contributed by atoms with Crippen molar-refractivity contribution in [3.63, 3.8) is 0 Å². The Morgan fingerprint density at radius 1 is 1.24 bits per heavy atom. The van der Waals surface area contributed by atoms with Gasteiger partial charge >= 0.3 is 0 Å². The molecule has 1 amide bonds. The number of rotatable bonds is 7. The molecule has 0 fully saturated rings. The number of ether oxygens (including phenoxy) is 1. The Morgan fingerprint density at radius 3 is 2.68 bits per heavy atom. The highest BCUT2D eigenvalue weighted by molar-refractivity contribution is 9.10. The molecular formula is C20H23BrN2O2. The van der Waals surface area contributed by atoms with Crippen molar-refractivity contribution in [1.29, 1.82) is 0 Å². The monoisotopic (exact) mass is 402 g/mol. The van der Waals surface area contributed by atoms with Crippen molar-refractivity contribution >= 4 is 27.9 Å². The largest absolute Gasteiger partial charge is 0.497 e. The molecule has 0 aliphatic rings. The van der Waals surface area contributed by atoms with Crippen LogP contribution in [-0.2, 0) is 4.79 Å². The number of hydrogen-bond acceptors (Lipinski definition) is 3. The smallest absolute Gasteiger partial charge is 0.244 e. The van der Waals surface area contributed by atoms with Gasteiger partial charge in [0, 0.05) is 17.1 Å². The molecule has 2 aromatic rings. The zero-order valence-electron chi connectivity index (χ0n) is 14.7. The van der Waals surface area contributed by atoms with Crippen LogP contribution < -0.4 is 10.1 Å². The van der Waals surface area contributed by atoms with E-state index in [1.54, 1.807) is 19.3 Å². The van der Waals surface area contributed by atoms with Crippen molar-refractivity contribution < 1.29 is 9.53 Å². The highest BCUT2D eigenvalue weighted by atomic mass is 79.9. The molecule has 2 aromatic carbocycles. The van der Waals surface area contributed by atoms with E-state index in [0.717, 1.165) is 21.3 Å². The molecule has 5 heteroatoms. The molecule has 0 spiro atoms. The molecule has 0 aliphatic heterocycles. The molecule has 1 atom stereocenters. The van der Waals surface area contributed by atoms with E-state index in [4.69, 9.17) is 4.74 Å². The first-order chi connectivity index (χ1) is 12.0. The minimum Gasteiger partial charge on any atom is -0.497 e. The van der Waals surface area contributed by atoms with Gasteiger partial charge in [0.1, 0.15) is 5.75 Å². The van der Waals surface area contributed by atoms with E-state index in [1.807, 2.05) is 62.6 Å². The number of carbonyl (C=O) groups is 1. The average molecular weight is 403 g/mol. The summed E-state index contributed by atoms with van der Waals surface area (Å²) < 4.78 is 6.25. The third-order valence-corrected chi connectivity index (χ3v) is 4.61. The van der Waals surface area contributed by atoms with Gasteiger partial charge in [0.2, 0.25) is 5.91 Å². The molecule has 4 nitrogen and oxygen atoms in total. The van der Waals surface area contributed by atoms with Crippen LogP contribution in [0.3, 0.4) is 0 Å². The van der Waals surface area contributed by atoms with Gasteiger partial charge in [0.25, 0.3) is 0 Å². The maximum atomic E-state index is 12.2. The van der Waals surface area contributed by atoms with Gasteiger partial charge in [0.05, 0.1) is 13.2 Å². The van der Waals surface area contributed by atoms with Crippen molar-refractivity contribution in [2.45, 2.75) is 6.04 Å². The predicted molar refractivity (Wildman–Crippen MR) is 106 cm³/mol. The molecule has 0 bridgehead atoms. The Hall–Kier alpha value is -2.11. The molecule has 0 heterocycles. The van der Waals surface area contributed by atoms with Crippen molar-refractivity contribution in [1.82, 2.24) is 10.2 Å². The SMILES string of the molecule is COc1cccc(C(CNC(=O)/C=C/c2ccccc2Br)N(C)C)c1. The second kappa shape index (κ2) is 9.39. The molecule has 1 N–H and O–H groups in total. The van der Waals surface area contributed by atoms with Gasteiger partial charge in [-0.3, -0.25) is 4.79 Å². The molecule has 25 heavy (non-hydrogen) atoms. The van der Waals surface area contributed by atoms with Crippen LogP contribution in [0.4, 0.5) is 0 Å². The van der Waals surface area contributed by atoms with E-state index in [9.17, 15) is 4.79 Å². The molecule has 0 saturated carbocycles. The van der Waals surface area contributed by atoms with Crippen molar-refractivity contribution in [3.05, 3.63) is 70.2 Å². The Labute approximate surface area is 157 Å². The zero-order chi connectivity index (χ0) is 18.2. The Balaban J connectivity index is 2.01. The molecule has 0 saturated heterocycles. The molecule has 0 aliphatic carbocycles. The molecular weight excluding hydrogens is 380 g/mol. The number of carbonyl (C=O) groups excluding carboxylic acids is 1. The molecule has 132 valence electrons. The van der Waals surface area contributed by atoms with Gasteiger partial charge in [-0.25, -0.2) is 0 Å². The molecule has 2 rings (SSSR count). The maximum absolute atomic E-state index is 12.2. The molecule has 0 radical (unpaired) electrons. The van der Waals surface area contributed by atoms with Gasteiger partial charge in [-0.2, -0.15) is 0 Å². The van der Waals surface area contributed by atoms with E-state index in [2.05, 4.69) is 26.1 Å². The second-order valence-corrected chi connectivity index (χ2v) is 6.71. The fourth-order valence-electron chi connectivity index (χ4n) is 2.48. The average Bonchev–Trinajstić information content (AvgIpc) is 2.61. The highest BCUT2D eigenvalue weighted by Crippen LogP contribution is 2.22. The highest BCUT2D eigenvalue weighted by Gasteiger charge is 2.15. The summed E-state index contributed by atoms with van der Waals surface area (Å²) >= 11 is 3.47. The first kappa shape index (κ1) is 19.2. The van der Waals surface area contributed by atoms with Crippen LogP contribution in [0.2, 0.25) is 0 Å². The van der Waals surface area contributed by atoms with Gasteiger partial charge in [-0.15, -0.1) is 0 Å². The maximum Gasteiger partial charge on any atom is 0.244 e. The van der Waals surface area contributed by atoms with Crippen molar-refractivity contribution in [2.75, 3.05) is 27.7 Å². The number of halogens is 1. The normalized spacial score (nSPS) is 12.4. The topological polar surface area (TPSA) is 41.6 Å². The summed E-state index contributed by atoms with van der Waals surface area (Å²) in [5.41, 5.74) is 2.06. The standard InChI is InChI=1S/C20H23BrN2O2/c1-23(2)19(16-8-6-9-17(13-16)25-3)14-22-20(24)12-11-15-7-4-5-10-18(15)21/h4-13,19H,14H2,1-3H3,(H,22,24)/b12-11+. The van der Waals surface area contributed by atoms with Crippen LogP contribution in [-0.4, -0.2) is 38.6 Å². The Kier molecular flexibility index (Phi) is 7.22. The summed E-state index contributed by atoms with van der Waals surface area (Å²) in [5, 5.41) is 2.97. The van der Waals surface area contributed by atoms with E-state index < -0.39 is 0 Å². The number of nitrogens with one attached hydrogen (secondary N) is 1. The summed E-state index contributed by atoms with van der Waals surface area (Å²) in [6.45, 7) is 0.513. The van der Waals surface area contributed by atoms with Gasteiger partial charge in [-0.1, -0.05) is 46.3 Å². The zero-order valence-corrected chi connectivity index (χ0v) is 16.3. The van der Waals surface area contributed by atoms with E-state index >= 15 is 0 Å². The fraction of sp³-hybridized carbons (Fsp3) is 0.250. The lowest BCUT2D eigenvalue weighted by atomic mass is 10.1. The summed E-state index contributed by atoms with van der Waals surface area (Å²) in [6.07, 6.45) is 3.36. The summed E-state index contributed by atoms with van der Waals surface area (Å²) in [6, 6.07) is 15.7. The first-order valence-corrected chi connectivity index (χ1v) is 8.81. The number of amides is 1. The fourth-order valence-corrected chi connectivity index (χ4v) is 2.90. The summed E-state index contributed by atoms with van der Waals surface area (Å²) in [5.74, 6) is 0.690. The van der Waals surface area contributed by atoms with Crippen LogP contribution >= 0.6 is 15.9 Å². The number of hydrogen-bond donors (Lipinski definition) is 1. The third kappa shape index (κ3) is 5.73. The second-order valence-electron chi connectivity index (χ2n) is 5.86. The van der Waals surface area contributed by atoms with Crippen LogP contribution in [0.1, 0.15) is 17.2 Å². The molecule has 1 unspecified atom stereocenters. The lowest BCUT2D eigenvalue weighted by Gasteiger charge is -2.25. The van der Waals surface area contributed by atoms with Crippen LogP contribution in [0.15, 0.2) is 59.1 Å². The summed E-state index contributed by atoms with van der Waals surface area (Å²) in [4.78, 5) is 14.2. The minimum atomic E-state index is -0.120. The third-order valence-electron chi connectivity index (χ3n) is 3.89. The number of methoxy groups -OCH3 is 1. The first-order valence-electron chi connectivity index (χ1n) is 8.02. The predicted octanol–water partition coefficient (Wildman–Crippen LogP) is 3.89. The quantitative estimate of drug-likeness (QED) is 0.714. The summed E-state index contributed by atoms with van der Waals surface area (Å²) in [7, 11) is 5.64. The van der Waals surface area contributed by atoms with Crippen LogP contribution in [0.5, 0.6) is 5.75 Å². The lowest BCUT2D eigenvalue weighted by molar-refractivity contribution is -0.116. The number of benzene rings is 2. The minimum absolute atomic E-state index is 0.0657. The van der Waals surface area contributed by atoms with Crippen LogP contribution in [0, 0.1) is 0 Å². The van der Waals surface area contributed by atoms with E-state index in [1.165, 1.54) is 0 Å². The number of likely N-dealkylation sites (N-methyl/N-ethyl adjacent to an activating group) is 1. The van der Waals surface area contributed by atoms with Gasteiger partial charge in [0.15, 0.2) is 0 Å². The van der Waals surface area contributed by atoms with E-state index in [0.29, 0.717) is 6.54 Å². The van der Waals surface area contributed by atoms with Crippen molar-refractivity contribution in [2.24, 2.45) is 0 Å². The lowest BCUT2D eigenvalue weighted by Crippen LogP contribution is -2.33. The van der Waals surface area contributed by atoms with Crippen molar-refractivity contribution in [3.8, 4) is 5.75 Å². The van der Waals surface area contributed by atoms with Gasteiger partial charge < -0.3 is 15.0 Å².